The van der Waals surface area contributed by atoms with Gasteiger partial charge < -0.3 is 0 Å². The quantitative estimate of drug-likeness (QED) is 0.568. The molecule has 0 aliphatic carbocycles. The van der Waals surface area contributed by atoms with Crippen molar-refractivity contribution in [1.82, 2.24) is 0 Å². The Hall–Kier alpha value is 2.55. The topological polar surface area (TPSA) is 0 Å². The summed E-state index contributed by atoms with van der Waals surface area (Å²) in [6.45, 7) is 0. The van der Waals surface area contributed by atoms with E-state index in [0.29, 0.717) is 0 Å². The van der Waals surface area contributed by atoms with Crippen LogP contribution in [0.5, 0.6) is 0 Å². The number of hydrogen-bond donors (Lipinski definition) is 0. The maximum absolute atomic E-state index is 1.84. The molecule has 0 spiro atoms. The Bertz CT molecular complexity index is 7.51. The monoisotopic (exact) mass is 304 g/mol. The predicted octanol–water partition coefficient (Wildman–Crippen LogP) is -0.602. The van der Waals surface area contributed by atoms with Gasteiger partial charge >= 0.3 is 47.1 Å². The molecule has 0 N–H and O–H groups in total. The van der Waals surface area contributed by atoms with Gasteiger partial charge in [0, 0.05) is 39.6 Å². The van der Waals surface area contributed by atoms with Crippen LogP contribution in [0.25, 0.3) is 0 Å². The van der Waals surface area contributed by atoms with E-state index < -0.39 is 0 Å². The average Bonchev–Trinajstić information content (AvgIpc) is 1.37. The number of rotatable bonds is 1. The summed E-state index contributed by atoms with van der Waals surface area (Å²) in [6, 6.07) is 0. The summed E-state index contributed by atoms with van der Waals surface area (Å²) in [4.78, 5) is 2.82. The van der Waals surface area contributed by atoms with E-state index in [2.05, 4.69) is 0 Å². The van der Waals surface area contributed by atoms with Crippen molar-refractivity contribution in [2.24, 2.45) is 0 Å². The normalized spacial score (nSPS) is 4.67. The Morgan fingerprint density at radius 1 is 0.833 bits per heavy atom. The van der Waals surface area contributed by atoms with Gasteiger partial charge in [-0.3, -0.25) is 0 Å². The third kappa shape index (κ3) is 16.0. The molecule has 0 aliphatic rings. The van der Waals surface area contributed by atoms with E-state index in [1.165, 1.54) is 9.95 Å². The molecule has 0 unspecified atom stereocenters. The Balaban J connectivity index is -0.0000000450. The summed E-state index contributed by atoms with van der Waals surface area (Å²) in [7, 11) is 0. The summed E-state index contributed by atoms with van der Waals surface area (Å²) >= 11 is 3.68. The first-order chi connectivity index (χ1) is 1.91. The zero-order chi connectivity index (χ0) is 3.41. The van der Waals surface area contributed by atoms with Crippen LogP contribution in [0.3, 0.4) is 0 Å². The van der Waals surface area contributed by atoms with Crippen molar-refractivity contribution in [3.05, 3.63) is 0 Å². The Labute approximate surface area is 85.5 Å². The average molecular weight is 307 g/mol. The first kappa shape index (κ1) is 15.8. The van der Waals surface area contributed by atoms with Crippen molar-refractivity contribution in [3.63, 3.8) is 0 Å². The summed E-state index contributed by atoms with van der Waals surface area (Å²) < 4.78 is 0. The van der Waals surface area contributed by atoms with Gasteiger partial charge in [-0.1, -0.05) is 0 Å². The van der Waals surface area contributed by atoms with Crippen molar-refractivity contribution in [1.29, 1.82) is 0 Å². The van der Waals surface area contributed by atoms with Crippen LogP contribution in [0, 0.1) is 0 Å². The second kappa shape index (κ2) is 15.6. The van der Waals surface area contributed by atoms with E-state index in [4.69, 9.17) is 0 Å². The van der Waals surface area contributed by atoms with Crippen molar-refractivity contribution < 1.29 is 0 Å². The molecular weight excluding hydrogens is 303 g/mol. The summed E-state index contributed by atoms with van der Waals surface area (Å²) in [5, 5.41) is 0. The zero-order valence-electron chi connectivity index (χ0n) is 3.72. The van der Waals surface area contributed by atoms with Crippen LogP contribution >= 0.6 is 0 Å². The van der Waals surface area contributed by atoms with E-state index in [0.717, 1.165) is 0 Å². The van der Waals surface area contributed by atoms with Crippen LogP contribution in [-0.2, 0) is 0 Å². The van der Waals surface area contributed by atoms with E-state index in [1.807, 2.05) is 37.2 Å². The minimum atomic E-state index is 0. The van der Waals surface area contributed by atoms with Crippen molar-refractivity contribution in [3.8, 4) is 0 Å². The molecule has 0 atom stereocenters. The van der Waals surface area contributed by atoms with Gasteiger partial charge in [0.1, 0.15) is 0 Å². The molecule has 0 aromatic heterocycles. The minimum absolute atomic E-state index is 0. The molecule has 0 saturated carbocycles. The second-order valence-corrected chi connectivity index (χ2v) is 3.00. The molecule has 0 amide bonds. The van der Waals surface area contributed by atoms with Crippen LogP contribution in [0.1, 0.15) is 0 Å². The summed E-state index contributed by atoms with van der Waals surface area (Å²) in [5.74, 6) is 0. The fourth-order valence-electron chi connectivity index (χ4n) is 0. The molecule has 0 nitrogen and oxygen atoms in total. The third-order valence-electron chi connectivity index (χ3n) is 0.167. The molecule has 0 saturated heterocycles. The molecule has 10 radical (unpaired) electrons. The van der Waals surface area contributed by atoms with Gasteiger partial charge in [-0.2, -0.15) is 0 Å². The van der Waals surface area contributed by atoms with Crippen LogP contribution in [0.2, 0.25) is 9.95 Å². The zero-order valence-corrected chi connectivity index (χ0v) is 13.4. The molecule has 0 heterocycles. The molecule has 6 heavy (non-hydrogen) atoms. The van der Waals surface area contributed by atoms with E-state index in [1.54, 1.807) is 0 Å². The first-order valence-corrected chi connectivity index (χ1v) is 4.74. The van der Waals surface area contributed by atoms with E-state index in [9.17, 15) is 0 Å². The van der Waals surface area contributed by atoms with Crippen LogP contribution in [-0.4, -0.2) is 76.8 Å². The van der Waals surface area contributed by atoms with Gasteiger partial charge in [-0.05, 0) is 0 Å². The van der Waals surface area contributed by atoms with Gasteiger partial charge in [0.05, 0.1) is 0 Å². The Morgan fingerprint density at radius 2 is 1.00 bits per heavy atom. The van der Waals surface area contributed by atoms with Crippen molar-refractivity contribution >= 4 is 76.8 Å². The molecule has 4 heteroatoms. The molecule has 0 rings (SSSR count). The molecule has 0 aliphatic heterocycles. The standard InChI is InChI=1S/C2H4.4Ga/c1-2;;;;/h1-2H2;;;;. The molecule has 0 fully saturated rings. The van der Waals surface area contributed by atoms with E-state index >= 15 is 0 Å². The predicted molar refractivity (Wildman–Crippen MR) is 32.6 cm³/mol. The van der Waals surface area contributed by atoms with Crippen LogP contribution in [0.15, 0.2) is 0 Å². The fourth-order valence-corrected chi connectivity index (χ4v) is 0. The molecule has 0 aromatic rings. The van der Waals surface area contributed by atoms with Crippen LogP contribution in [0.4, 0.5) is 0 Å². The van der Waals surface area contributed by atoms with Crippen LogP contribution < -0.4 is 0 Å². The van der Waals surface area contributed by atoms with Crippen molar-refractivity contribution in [2.45, 2.75) is 9.95 Å². The van der Waals surface area contributed by atoms with Crippen molar-refractivity contribution in [2.75, 3.05) is 0 Å². The molecule has 0 aromatic carbocycles. The van der Waals surface area contributed by atoms with Gasteiger partial charge in [0.15, 0.2) is 0 Å². The van der Waals surface area contributed by atoms with Gasteiger partial charge in [0.2, 0.25) is 0 Å². The van der Waals surface area contributed by atoms with Gasteiger partial charge in [-0.25, -0.2) is 0 Å². The Kier molecular flexibility index (Phi) is 41.3. The molecule has 0 bridgehead atoms. The molecule has 24 valence electrons. The fraction of sp³-hybridized carbons (Fsp3) is 1.00. The first-order valence-electron chi connectivity index (χ1n) is 1.32. The van der Waals surface area contributed by atoms with E-state index in [-0.39, 0.29) is 39.6 Å². The maximum atomic E-state index is 1.84. The molecular formula is C2H4Ga4. The number of hydrogen-bond acceptors (Lipinski definition) is 0. The third-order valence-corrected chi connectivity index (χ3v) is 4.50. The summed E-state index contributed by atoms with van der Waals surface area (Å²) in [6.07, 6.45) is 0. The Morgan fingerprint density at radius 3 is 1.00 bits per heavy atom. The SMILES string of the molecule is [Ga].[Ga].[Ga][CH2][CH2][Ga]. The van der Waals surface area contributed by atoms with Gasteiger partial charge in [-0.15, -0.1) is 0 Å². The second-order valence-electron chi connectivity index (χ2n) is 0.577. The van der Waals surface area contributed by atoms with Gasteiger partial charge in [0.25, 0.3) is 0 Å². The summed E-state index contributed by atoms with van der Waals surface area (Å²) in [5.41, 5.74) is 0.